The molecule has 2 aromatic rings. The minimum Gasteiger partial charge on any atom is -0.383 e. The van der Waals surface area contributed by atoms with Gasteiger partial charge >= 0.3 is 0 Å². The Morgan fingerprint density at radius 2 is 1.74 bits per heavy atom. The maximum Gasteiger partial charge on any atom is 0.253 e. The second-order valence-electron chi connectivity index (χ2n) is 5.59. The number of nitrogens with zero attached hydrogens (tertiary/aromatic N) is 1. The van der Waals surface area contributed by atoms with E-state index >= 15 is 0 Å². The summed E-state index contributed by atoms with van der Waals surface area (Å²) in [5, 5.41) is 13.1. The van der Waals surface area contributed by atoms with Crippen LogP contribution in [0.3, 0.4) is 0 Å². The van der Waals surface area contributed by atoms with Crippen molar-refractivity contribution >= 4 is 5.69 Å². The van der Waals surface area contributed by atoms with Crippen LogP contribution in [0, 0.1) is 23.5 Å². The van der Waals surface area contributed by atoms with Gasteiger partial charge in [-0.1, -0.05) is 24.3 Å². The number of aryl methyl sites for hydroxylation is 1. The van der Waals surface area contributed by atoms with Gasteiger partial charge in [0.25, 0.3) is 11.9 Å². The van der Waals surface area contributed by atoms with E-state index in [4.69, 9.17) is 0 Å². The van der Waals surface area contributed by atoms with Gasteiger partial charge in [-0.2, -0.15) is 22.5 Å². The normalized spacial score (nSPS) is 20.2. The molecule has 2 N–H and O–H groups in total. The number of pyridine rings is 1. The second kappa shape index (κ2) is 5.81. The largest absolute Gasteiger partial charge is 0.383 e. The van der Waals surface area contributed by atoms with Gasteiger partial charge in [0.15, 0.2) is 0 Å². The lowest BCUT2D eigenvalue weighted by Gasteiger charge is -2.35. The third-order valence-corrected chi connectivity index (χ3v) is 4.11. The molecule has 23 heavy (non-hydrogen) atoms. The molecule has 0 aliphatic heterocycles. The van der Waals surface area contributed by atoms with Crippen LogP contribution >= 0.6 is 0 Å². The zero-order chi connectivity index (χ0) is 16.6. The summed E-state index contributed by atoms with van der Waals surface area (Å²) in [6, 6.07) is 7.19. The average Bonchev–Trinajstić information content (AvgIpc) is 2.53. The Labute approximate surface area is 130 Å². The highest BCUT2D eigenvalue weighted by molar-refractivity contribution is 5.47. The summed E-state index contributed by atoms with van der Waals surface area (Å²) in [6.45, 7) is -0.277. The van der Waals surface area contributed by atoms with Crippen molar-refractivity contribution in [3.63, 3.8) is 0 Å². The highest BCUT2D eigenvalue weighted by atomic mass is 19.2. The van der Waals surface area contributed by atoms with E-state index in [-0.39, 0.29) is 6.54 Å². The zero-order valence-corrected chi connectivity index (χ0v) is 12.0. The van der Waals surface area contributed by atoms with Crippen LogP contribution in [0.5, 0.6) is 0 Å². The first-order chi connectivity index (χ1) is 10.9. The number of halogens is 4. The van der Waals surface area contributed by atoms with Crippen molar-refractivity contribution in [2.45, 2.75) is 24.9 Å². The molecule has 3 nitrogen and oxygen atoms in total. The van der Waals surface area contributed by atoms with E-state index in [1.165, 1.54) is 0 Å². The topological polar surface area (TPSA) is 45.1 Å². The molecule has 1 unspecified atom stereocenters. The molecule has 0 radical (unpaired) electrons. The molecule has 1 aliphatic rings. The molecule has 0 fully saturated rings. The lowest BCUT2D eigenvalue weighted by atomic mass is 9.79. The maximum atomic E-state index is 13.6. The summed E-state index contributed by atoms with van der Waals surface area (Å²) < 4.78 is 53.5. The van der Waals surface area contributed by atoms with E-state index in [0.717, 1.165) is 12.0 Å². The van der Waals surface area contributed by atoms with Gasteiger partial charge < -0.3 is 10.4 Å². The SMILES string of the molecule is OC1(CNc2c(F)c(F)nc(F)c2F)CCCc2ccccc21. The molecule has 7 heteroatoms. The Morgan fingerprint density at radius 1 is 1.09 bits per heavy atom. The zero-order valence-electron chi connectivity index (χ0n) is 12.0. The highest BCUT2D eigenvalue weighted by Crippen LogP contribution is 2.36. The molecule has 0 amide bonds. The van der Waals surface area contributed by atoms with E-state index in [1.54, 1.807) is 12.1 Å². The summed E-state index contributed by atoms with van der Waals surface area (Å²) in [5.41, 5.74) is -0.749. The van der Waals surface area contributed by atoms with Gasteiger partial charge in [-0.3, -0.25) is 0 Å². The molecule has 122 valence electrons. The quantitative estimate of drug-likeness (QED) is 0.672. The smallest absolute Gasteiger partial charge is 0.253 e. The number of nitrogens with one attached hydrogen (secondary N) is 1. The van der Waals surface area contributed by atoms with Gasteiger partial charge in [-0.25, -0.2) is 0 Å². The fourth-order valence-corrected chi connectivity index (χ4v) is 2.96. The standard InChI is InChI=1S/C16H14F4N2O/c17-11-13(12(18)15(20)22-14(11)19)21-8-16(23)7-3-5-9-4-1-2-6-10(9)16/h1-2,4,6,23H,3,5,7-8H2,(H,21,22). The van der Waals surface area contributed by atoms with Crippen LogP contribution in [0.15, 0.2) is 24.3 Å². The van der Waals surface area contributed by atoms with Crippen molar-refractivity contribution in [3.05, 3.63) is 58.9 Å². The van der Waals surface area contributed by atoms with Gasteiger partial charge in [-0.05, 0) is 30.4 Å². The van der Waals surface area contributed by atoms with Gasteiger partial charge in [0.2, 0.25) is 11.6 Å². The second-order valence-corrected chi connectivity index (χ2v) is 5.59. The third-order valence-electron chi connectivity index (χ3n) is 4.11. The molecule has 0 saturated heterocycles. The third kappa shape index (κ3) is 2.76. The number of hydrogen-bond acceptors (Lipinski definition) is 3. The van der Waals surface area contributed by atoms with Crippen molar-refractivity contribution in [2.75, 3.05) is 11.9 Å². The van der Waals surface area contributed by atoms with E-state index in [1.807, 2.05) is 12.1 Å². The molecule has 1 aromatic carbocycles. The molecule has 3 rings (SSSR count). The number of rotatable bonds is 3. The maximum absolute atomic E-state index is 13.6. The molecule has 1 heterocycles. The van der Waals surface area contributed by atoms with Crippen molar-refractivity contribution in [3.8, 4) is 0 Å². The number of aliphatic hydroxyl groups is 1. The molecule has 1 aliphatic carbocycles. The Bertz CT molecular complexity index is 727. The van der Waals surface area contributed by atoms with E-state index in [0.29, 0.717) is 18.4 Å². The summed E-state index contributed by atoms with van der Waals surface area (Å²) in [4.78, 5) is 2.50. The first-order valence-electron chi connectivity index (χ1n) is 7.17. The predicted molar refractivity (Wildman–Crippen MR) is 75.8 cm³/mol. The minimum absolute atomic E-state index is 0.277. The molecule has 1 atom stereocenters. The van der Waals surface area contributed by atoms with Crippen LogP contribution in [0.2, 0.25) is 0 Å². The fraction of sp³-hybridized carbons (Fsp3) is 0.312. The number of aromatic nitrogens is 1. The van der Waals surface area contributed by atoms with E-state index in [2.05, 4.69) is 10.3 Å². The van der Waals surface area contributed by atoms with Crippen LogP contribution in [-0.2, 0) is 12.0 Å². The van der Waals surface area contributed by atoms with Crippen molar-refractivity contribution in [1.82, 2.24) is 4.98 Å². The summed E-state index contributed by atoms with van der Waals surface area (Å²) in [6.07, 6.45) is 1.86. The first kappa shape index (κ1) is 15.7. The van der Waals surface area contributed by atoms with Crippen molar-refractivity contribution < 1.29 is 22.7 Å². The first-order valence-corrected chi connectivity index (χ1v) is 7.17. The van der Waals surface area contributed by atoms with Gasteiger partial charge in [-0.15, -0.1) is 0 Å². The summed E-state index contributed by atoms with van der Waals surface area (Å²) in [7, 11) is 0. The predicted octanol–water partition coefficient (Wildman–Crippen LogP) is 3.27. The molecule has 0 bridgehead atoms. The van der Waals surface area contributed by atoms with Crippen LogP contribution in [0.4, 0.5) is 23.2 Å². The van der Waals surface area contributed by atoms with Gasteiger partial charge in [0.1, 0.15) is 11.3 Å². The van der Waals surface area contributed by atoms with Crippen LogP contribution in [0.25, 0.3) is 0 Å². The number of fused-ring (bicyclic) bond motifs is 1. The molecular formula is C16H14F4N2O. The number of benzene rings is 1. The van der Waals surface area contributed by atoms with Gasteiger partial charge in [0, 0.05) is 6.54 Å². The van der Waals surface area contributed by atoms with Crippen LogP contribution in [0.1, 0.15) is 24.0 Å². The Hall–Kier alpha value is -2.15. The van der Waals surface area contributed by atoms with Crippen LogP contribution < -0.4 is 5.32 Å². The van der Waals surface area contributed by atoms with E-state index < -0.39 is 34.8 Å². The van der Waals surface area contributed by atoms with Crippen molar-refractivity contribution in [1.29, 1.82) is 0 Å². The highest BCUT2D eigenvalue weighted by Gasteiger charge is 2.35. The monoisotopic (exact) mass is 326 g/mol. The minimum atomic E-state index is -1.73. The molecule has 0 saturated carbocycles. The Kier molecular flexibility index (Phi) is 3.97. The van der Waals surface area contributed by atoms with Crippen LogP contribution in [-0.4, -0.2) is 16.6 Å². The Morgan fingerprint density at radius 3 is 2.43 bits per heavy atom. The van der Waals surface area contributed by atoms with Crippen molar-refractivity contribution in [2.24, 2.45) is 0 Å². The fourth-order valence-electron chi connectivity index (χ4n) is 2.96. The van der Waals surface area contributed by atoms with E-state index in [9.17, 15) is 22.7 Å². The molecule has 0 spiro atoms. The number of anilines is 1. The summed E-state index contributed by atoms with van der Waals surface area (Å²) in [5.74, 6) is -6.70. The Balaban J connectivity index is 1.90. The average molecular weight is 326 g/mol. The molecule has 1 aromatic heterocycles. The number of hydrogen-bond donors (Lipinski definition) is 2. The van der Waals surface area contributed by atoms with Gasteiger partial charge in [0.05, 0.1) is 0 Å². The molecular weight excluding hydrogens is 312 g/mol. The lowest BCUT2D eigenvalue weighted by molar-refractivity contribution is 0.0321. The lowest BCUT2D eigenvalue weighted by Crippen LogP contribution is -2.38. The summed E-state index contributed by atoms with van der Waals surface area (Å²) >= 11 is 0.